The van der Waals surface area contributed by atoms with E-state index in [2.05, 4.69) is 16.5 Å². The van der Waals surface area contributed by atoms with Crippen molar-refractivity contribution in [3.63, 3.8) is 0 Å². The number of anilines is 2. The average Bonchev–Trinajstić information content (AvgIpc) is 2.87. The summed E-state index contributed by atoms with van der Waals surface area (Å²) in [6, 6.07) is 1.67. The zero-order valence-corrected chi connectivity index (χ0v) is 13.2. The van der Waals surface area contributed by atoms with Gasteiger partial charge in [-0.1, -0.05) is 6.58 Å². The van der Waals surface area contributed by atoms with Gasteiger partial charge < -0.3 is 14.7 Å². The number of likely N-dealkylation sites (N-methyl/N-ethyl adjacent to an activating group) is 1. The van der Waals surface area contributed by atoms with Crippen molar-refractivity contribution in [3.05, 3.63) is 24.9 Å². The lowest BCUT2D eigenvalue weighted by atomic mass is 10.2. The van der Waals surface area contributed by atoms with Crippen LogP contribution in [0.1, 0.15) is 6.42 Å². The summed E-state index contributed by atoms with van der Waals surface area (Å²) in [5.74, 6) is 1.09. The second-order valence-corrected chi connectivity index (χ2v) is 5.67. The predicted molar refractivity (Wildman–Crippen MR) is 84.8 cm³/mol. The van der Waals surface area contributed by atoms with E-state index in [0.717, 1.165) is 0 Å². The van der Waals surface area contributed by atoms with Crippen LogP contribution in [0, 0.1) is 0 Å². The second-order valence-electron chi connectivity index (χ2n) is 5.67. The van der Waals surface area contributed by atoms with Crippen LogP contribution in [0.25, 0.3) is 0 Å². The molecule has 0 spiro atoms. The summed E-state index contributed by atoms with van der Waals surface area (Å²) >= 11 is 0. The fourth-order valence-corrected chi connectivity index (χ4v) is 2.59. The molecule has 1 fully saturated rings. The number of rotatable bonds is 5. The van der Waals surface area contributed by atoms with E-state index in [0.29, 0.717) is 24.7 Å². The molecule has 0 aliphatic carbocycles. The van der Waals surface area contributed by atoms with Gasteiger partial charge in [-0.15, -0.1) is 0 Å². The van der Waals surface area contributed by atoms with E-state index in [1.807, 2.05) is 19.0 Å². The summed E-state index contributed by atoms with van der Waals surface area (Å²) in [5.41, 5.74) is 0. The van der Waals surface area contributed by atoms with Crippen LogP contribution < -0.4 is 9.80 Å². The van der Waals surface area contributed by atoms with Crippen molar-refractivity contribution in [1.82, 2.24) is 14.9 Å². The quantitative estimate of drug-likeness (QED) is 0.763. The van der Waals surface area contributed by atoms with Gasteiger partial charge in [-0.3, -0.25) is 4.79 Å². The highest BCUT2D eigenvalue weighted by atomic mass is 19.1. The third kappa shape index (κ3) is 3.52. The molecular weight excluding hydrogens is 285 g/mol. The Morgan fingerprint density at radius 1 is 1.55 bits per heavy atom. The zero-order chi connectivity index (χ0) is 16.3. The van der Waals surface area contributed by atoms with Crippen molar-refractivity contribution in [3.8, 4) is 0 Å². The van der Waals surface area contributed by atoms with Crippen LogP contribution in [-0.2, 0) is 4.79 Å². The normalized spacial score (nSPS) is 20.8. The number of carbonyl (C=O) groups excluding carboxylic acids is 1. The number of hydrogen-bond acceptors (Lipinski definition) is 5. The Morgan fingerprint density at radius 3 is 2.91 bits per heavy atom. The lowest BCUT2D eigenvalue weighted by molar-refractivity contribution is -0.124. The molecule has 1 saturated heterocycles. The van der Waals surface area contributed by atoms with E-state index in [1.165, 1.54) is 6.08 Å². The van der Waals surface area contributed by atoms with Gasteiger partial charge in [-0.05, 0) is 12.1 Å². The van der Waals surface area contributed by atoms with Gasteiger partial charge in [-0.2, -0.15) is 4.98 Å². The molecule has 1 aromatic heterocycles. The Kier molecular flexibility index (Phi) is 4.95. The van der Waals surface area contributed by atoms with E-state index in [-0.39, 0.29) is 18.5 Å². The number of hydrogen-bond donors (Lipinski definition) is 0. The summed E-state index contributed by atoms with van der Waals surface area (Å²) in [7, 11) is 5.41. The van der Waals surface area contributed by atoms with Gasteiger partial charge in [0, 0.05) is 40.3 Å². The van der Waals surface area contributed by atoms with Crippen molar-refractivity contribution >= 4 is 17.7 Å². The molecule has 7 heteroatoms. The van der Waals surface area contributed by atoms with E-state index in [1.54, 1.807) is 29.1 Å². The van der Waals surface area contributed by atoms with Crippen molar-refractivity contribution in [1.29, 1.82) is 0 Å². The highest BCUT2D eigenvalue weighted by Crippen LogP contribution is 2.27. The van der Waals surface area contributed by atoms with E-state index >= 15 is 0 Å². The van der Waals surface area contributed by atoms with Crippen molar-refractivity contribution in [2.75, 3.05) is 44.0 Å². The van der Waals surface area contributed by atoms with Crippen molar-refractivity contribution in [2.24, 2.45) is 0 Å². The molecule has 6 nitrogen and oxygen atoms in total. The molecule has 2 rings (SSSR count). The lowest BCUT2D eigenvalue weighted by Crippen LogP contribution is -2.41. The van der Waals surface area contributed by atoms with Crippen LogP contribution in [0.3, 0.4) is 0 Å². The number of amides is 1. The fourth-order valence-electron chi connectivity index (χ4n) is 2.59. The molecule has 2 atom stereocenters. The molecule has 22 heavy (non-hydrogen) atoms. The Labute approximate surface area is 130 Å². The van der Waals surface area contributed by atoms with Gasteiger partial charge in [0.2, 0.25) is 11.9 Å². The lowest BCUT2D eigenvalue weighted by Gasteiger charge is -2.29. The van der Waals surface area contributed by atoms with Gasteiger partial charge >= 0.3 is 0 Å². The van der Waals surface area contributed by atoms with Crippen molar-refractivity contribution in [2.45, 2.75) is 18.6 Å². The van der Waals surface area contributed by atoms with Gasteiger partial charge in [0.1, 0.15) is 12.0 Å². The van der Waals surface area contributed by atoms with Gasteiger partial charge in [0.25, 0.3) is 0 Å². The molecule has 0 saturated carbocycles. The standard InChI is InChI=1S/C15H22FN5O/c1-5-14(22)20(4)10-12-8-11(16)9-21(12)13-6-7-17-15(18-13)19(2)3/h5-7,11-12H,1,8-10H2,2-4H3/t11-,12-/m0/s1. The number of nitrogens with zero attached hydrogens (tertiary/aromatic N) is 5. The molecule has 0 N–H and O–H groups in total. The van der Waals surface area contributed by atoms with Crippen molar-refractivity contribution < 1.29 is 9.18 Å². The predicted octanol–water partition coefficient (Wildman–Crippen LogP) is 1.10. The minimum absolute atomic E-state index is 0.103. The molecule has 1 aromatic rings. The summed E-state index contributed by atoms with van der Waals surface area (Å²) in [5, 5.41) is 0. The van der Waals surface area contributed by atoms with Gasteiger partial charge in [-0.25, -0.2) is 9.37 Å². The molecule has 0 aromatic carbocycles. The third-order valence-electron chi connectivity index (χ3n) is 3.72. The molecule has 0 unspecified atom stereocenters. The average molecular weight is 307 g/mol. The summed E-state index contributed by atoms with van der Waals surface area (Å²) in [6.07, 6.45) is 2.39. The van der Waals surface area contributed by atoms with Crippen LogP contribution in [0.15, 0.2) is 24.9 Å². The smallest absolute Gasteiger partial charge is 0.245 e. The van der Waals surface area contributed by atoms with Crippen LogP contribution in [0.2, 0.25) is 0 Å². The minimum Gasteiger partial charge on any atom is -0.349 e. The molecule has 0 bridgehead atoms. The maximum atomic E-state index is 13.9. The monoisotopic (exact) mass is 307 g/mol. The molecule has 0 radical (unpaired) electrons. The molecule has 1 aliphatic heterocycles. The molecule has 2 heterocycles. The Hall–Kier alpha value is -2.18. The van der Waals surface area contributed by atoms with Gasteiger partial charge in [0.05, 0.1) is 12.6 Å². The third-order valence-corrected chi connectivity index (χ3v) is 3.72. The number of carbonyl (C=O) groups is 1. The first-order chi connectivity index (χ1) is 10.4. The Balaban J connectivity index is 2.18. The van der Waals surface area contributed by atoms with E-state index in [4.69, 9.17) is 0 Å². The van der Waals surface area contributed by atoms with Crippen LogP contribution in [0.4, 0.5) is 16.2 Å². The SMILES string of the molecule is C=CC(=O)N(C)C[C@@H]1C[C@H](F)CN1c1ccnc(N(C)C)n1. The topological polar surface area (TPSA) is 52.6 Å². The molecule has 1 aliphatic rings. The summed E-state index contributed by atoms with van der Waals surface area (Å²) < 4.78 is 13.9. The van der Waals surface area contributed by atoms with E-state index < -0.39 is 6.17 Å². The van der Waals surface area contributed by atoms with Gasteiger partial charge in [0.15, 0.2) is 0 Å². The number of halogens is 1. The van der Waals surface area contributed by atoms with E-state index in [9.17, 15) is 9.18 Å². The minimum atomic E-state index is -0.921. The first-order valence-electron chi connectivity index (χ1n) is 7.21. The molecular formula is C15H22FN5O. The summed E-state index contributed by atoms with van der Waals surface area (Å²) in [4.78, 5) is 25.5. The largest absolute Gasteiger partial charge is 0.349 e. The Morgan fingerprint density at radius 2 is 2.27 bits per heavy atom. The van der Waals surface area contributed by atoms with Crippen LogP contribution in [0.5, 0.6) is 0 Å². The fraction of sp³-hybridized carbons (Fsp3) is 0.533. The van der Waals surface area contributed by atoms with Crippen LogP contribution in [-0.4, -0.2) is 67.2 Å². The number of alkyl halides is 1. The Bertz CT molecular complexity index is 550. The van der Waals surface area contributed by atoms with Crippen LogP contribution >= 0.6 is 0 Å². The zero-order valence-electron chi connectivity index (χ0n) is 13.2. The highest BCUT2D eigenvalue weighted by Gasteiger charge is 2.34. The maximum Gasteiger partial charge on any atom is 0.245 e. The summed E-state index contributed by atoms with van der Waals surface area (Å²) in [6.45, 7) is 4.19. The second kappa shape index (κ2) is 6.72. The molecule has 120 valence electrons. The molecule has 1 amide bonds. The first kappa shape index (κ1) is 16.2. The first-order valence-corrected chi connectivity index (χ1v) is 7.21. The maximum absolute atomic E-state index is 13.9. The number of aromatic nitrogens is 2. The highest BCUT2D eigenvalue weighted by molar-refractivity contribution is 5.86.